The smallest absolute Gasteiger partial charge is 0.357 e. The summed E-state index contributed by atoms with van der Waals surface area (Å²) in [7, 11) is 1.74. The molecule has 0 aliphatic heterocycles. The molecule has 1 aromatic heterocycles. The van der Waals surface area contributed by atoms with E-state index < -0.39 is 5.97 Å². The second-order valence-electron chi connectivity index (χ2n) is 3.17. The second-order valence-corrected chi connectivity index (χ2v) is 3.17. The van der Waals surface area contributed by atoms with Crippen LogP contribution in [0.5, 0.6) is 0 Å². The third kappa shape index (κ3) is 2.18. The number of nitrogens with one attached hydrogen (secondary N) is 2. The maximum atomic E-state index is 11.6. The number of esters is 1. The third-order valence-electron chi connectivity index (χ3n) is 2.25. The Morgan fingerprint density at radius 3 is 2.88 bits per heavy atom. The molecule has 0 fully saturated rings. The van der Waals surface area contributed by atoms with Crippen LogP contribution in [0.3, 0.4) is 0 Å². The lowest BCUT2D eigenvalue weighted by Crippen LogP contribution is -2.12. The Hall–Kier alpha value is -1.91. The number of aromatic nitrogens is 1. The lowest BCUT2D eigenvalue weighted by atomic mass is 10.1. The van der Waals surface area contributed by atoms with E-state index in [9.17, 15) is 4.79 Å². The standard InChI is InChI=1S/C11H15N3O2/c1-4-16-11(15)10-7(2)8(5-12)9(13-3)6-14-10/h5-6,12-13H,4H2,1-3H3. The Labute approximate surface area is 94.4 Å². The van der Waals surface area contributed by atoms with Crippen LogP contribution in [-0.4, -0.2) is 30.8 Å². The fraction of sp³-hybridized carbons (Fsp3) is 0.364. The molecule has 0 bridgehead atoms. The van der Waals surface area contributed by atoms with Crippen molar-refractivity contribution in [1.29, 1.82) is 5.41 Å². The van der Waals surface area contributed by atoms with Gasteiger partial charge >= 0.3 is 5.97 Å². The lowest BCUT2D eigenvalue weighted by Gasteiger charge is -2.10. The first-order valence-electron chi connectivity index (χ1n) is 5.00. The number of ether oxygens (including phenoxy) is 1. The van der Waals surface area contributed by atoms with Crippen LogP contribution in [0.2, 0.25) is 0 Å². The van der Waals surface area contributed by atoms with Gasteiger partial charge in [0.1, 0.15) is 0 Å². The summed E-state index contributed by atoms with van der Waals surface area (Å²) in [5, 5.41) is 10.2. The quantitative estimate of drug-likeness (QED) is 0.598. The van der Waals surface area contributed by atoms with Gasteiger partial charge in [-0.2, -0.15) is 0 Å². The van der Waals surface area contributed by atoms with Crippen LogP contribution in [0.1, 0.15) is 28.5 Å². The molecule has 1 rings (SSSR count). The average molecular weight is 221 g/mol. The Bertz CT molecular complexity index is 416. The highest BCUT2D eigenvalue weighted by Gasteiger charge is 2.16. The largest absolute Gasteiger partial charge is 0.461 e. The number of nitrogens with zero attached hydrogens (tertiary/aromatic N) is 1. The monoisotopic (exact) mass is 221 g/mol. The molecule has 0 spiro atoms. The summed E-state index contributed by atoms with van der Waals surface area (Å²) >= 11 is 0. The zero-order valence-corrected chi connectivity index (χ0v) is 9.63. The minimum absolute atomic E-state index is 0.263. The first-order valence-corrected chi connectivity index (χ1v) is 5.00. The van der Waals surface area contributed by atoms with Gasteiger partial charge in [-0.1, -0.05) is 0 Å². The van der Waals surface area contributed by atoms with Crippen molar-refractivity contribution in [3.63, 3.8) is 0 Å². The van der Waals surface area contributed by atoms with E-state index in [1.807, 2.05) is 0 Å². The molecule has 0 aliphatic rings. The molecule has 1 aromatic rings. The number of carbonyl (C=O) groups excluding carboxylic acids is 1. The molecule has 86 valence electrons. The zero-order chi connectivity index (χ0) is 12.1. The molecule has 0 atom stereocenters. The molecule has 0 aromatic carbocycles. The summed E-state index contributed by atoms with van der Waals surface area (Å²) in [6.45, 7) is 3.81. The fourth-order valence-corrected chi connectivity index (χ4v) is 1.42. The van der Waals surface area contributed by atoms with Crippen LogP contribution in [0.15, 0.2) is 6.20 Å². The summed E-state index contributed by atoms with van der Waals surface area (Å²) in [6.07, 6.45) is 2.73. The van der Waals surface area contributed by atoms with Crippen molar-refractivity contribution in [2.45, 2.75) is 13.8 Å². The second kappa shape index (κ2) is 5.25. The highest BCUT2D eigenvalue weighted by molar-refractivity contribution is 5.95. The SMILES string of the molecule is CCOC(=O)c1ncc(NC)c(C=N)c1C. The molecule has 1 heterocycles. The fourth-order valence-electron chi connectivity index (χ4n) is 1.42. The molecule has 16 heavy (non-hydrogen) atoms. The van der Waals surface area contributed by atoms with E-state index in [2.05, 4.69) is 10.3 Å². The van der Waals surface area contributed by atoms with Crippen molar-refractivity contribution >= 4 is 17.9 Å². The highest BCUT2D eigenvalue weighted by Crippen LogP contribution is 2.19. The summed E-state index contributed by atoms with van der Waals surface area (Å²) < 4.78 is 4.88. The van der Waals surface area contributed by atoms with Gasteiger partial charge in [-0.3, -0.25) is 0 Å². The minimum Gasteiger partial charge on any atom is -0.461 e. The Balaban J connectivity index is 3.23. The molecule has 0 saturated heterocycles. The maximum Gasteiger partial charge on any atom is 0.357 e. The van der Waals surface area contributed by atoms with E-state index in [1.54, 1.807) is 20.9 Å². The molecule has 0 aliphatic carbocycles. The first kappa shape index (κ1) is 12.2. The number of carbonyl (C=O) groups is 1. The number of rotatable bonds is 4. The van der Waals surface area contributed by atoms with E-state index >= 15 is 0 Å². The Morgan fingerprint density at radius 2 is 2.38 bits per heavy atom. The van der Waals surface area contributed by atoms with Gasteiger partial charge in [-0.25, -0.2) is 9.78 Å². The molecular weight excluding hydrogens is 206 g/mol. The summed E-state index contributed by atoms with van der Waals surface area (Å²) in [6, 6.07) is 0. The maximum absolute atomic E-state index is 11.6. The van der Waals surface area contributed by atoms with Gasteiger partial charge < -0.3 is 15.5 Å². The van der Waals surface area contributed by atoms with Gasteiger partial charge in [0.2, 0.25) is 0 Å². The van der Waals surface area contributed by atoms with Crippen LogP contribution in [-0.2, 0) is 4.74 Å². The average Bonchev–Trinajstić information content (AvgIpc) is 2.28. The van der Waals surface area contributed by atoms with Crippen molar-refractivity contribution in [3.8, 4) is 0 Å². The van der Waals surface area contributed by atoms with Crippen LogP contribution in [0.4, 0.5) is 5.69 Å². The van der Waals surface area contributed by atoms with Crippen LogP contribution in [0, 0.1) is 12.3 Å². The van der Waals surface area contributed by atoms with E-state index in [0.29, 0.717) is 17.7 Å². The van der Waals surface area contributed by atoms with Crippen molar-refractivity contribution in [2.24, 2.45) is 0 Å². The van der Waals surface area contributed by atoms with Crippen molar-refractivity contribution in [2.75, 3.05) is 19.0 Å². The minimum atomic E-state index is -0.453. The molecular formula is C11H15N3O2. The molecule has 0 amide bonds. The highest BCUT2D eigenvalue weighted by atomic mass is 16.5. The Morgan fingerprint density at radius 1 is 1.69 bits per heavy atom. The molecule has 5 nitrogen and oxygen atoms in total. The van der Waals surface area contributed by atoms with E-state index in [0.717, 1.165) is 5.69 Å². The number of anilines is 1. The number of hydrogen-bond donors (Lipinski definition) is 2. The zero-order valence-electron chi connectivity index (χ0n) is 9.63. The van der Waals surface area contributed by atoms with Gasteiger partial charge in [0.05, 0.1) is 18.5 Å². The predicted octanol–water partition coefficient (Wildman–Crippen LogP) is 1.61. The van der Waals surface area contributed by atoms with E-state index in [1.165, 1.54) is 12.4 Å². The molecule has 0 radical (unpaired) electrons. The summed E-state index contributed by atoms with van der Waals surface area (Å²) in [5.74, 6) is -0.453. The van der Waals surface area contributed by atoms with Crippen molar-refractivity contribution in [1.82, 2.24) is 4.98 Å². The normalized spacial score (nSPS) is 9.69. The van der Waals surface area contributed by atoms with Crippen LogP contribution in [0.25, 0.3) is 0 Å². The molecule has 2 N–H and O–H groups in total. The van der Waals surface area contributed by atoms with Crippen LogP contribution < -0.4 is 5.32 Å². The summed E-state index contributed by atoms with van der Waals surface area (Å²) in [5.41, 5.74) is 2.29. The first-order chi connectivity index (χ1) is 7.65. The lowest BCUT2D eigenvalue weighted by molar-refractivity contribution is 0.0518. The van der Waals surface area contributed by atoms with Gasteiger partial charge in [0.15, 0.2) is 5.69 Å². The van der Waals surface area contributed by atoms with E-state index in [-0.39, 0.29) is 5.69 Å². The van der Waals surface area contributed by atoms with E-state index in [4.69, 9.17) is 10.1 Å². The molecule has 0 saturated carbocycles. The van der Waals surface area contributed by atoms with Crippen molar-refractivity contribution < 1.29 is 9.53 Å². The number of hydrogen-bond acceptors (Lipinski definition) is 5. The van der Waals surface area contributed by atoms with Crippen molar-refractivity contribution in [3.05, 3.63) is 23.0 Å². The van der Waals surface area contributed by atoms with Gasteiger partial charge in [0.25, 0.3) is 0 Å². The topological polar surface area (TPSA) is 75.1 Å². The van der Waals surface area contributed by atoms with Gasteiger partial charge in [-0.15, -0.1) is 0 Å². The van der Waals surface area contributed by atoms with Gasteiger partial charge in [0, 0.05) is 18.8 Å². The molecule has 0 unspecified atom stereocenters. The third-order valence-corrected chi connectivity index (χ3v) is 2.25. The van der Waals surface area contributed by atoms with Gasteiger partial charge in [-0.05, 0) is 19.4 Å². The number of pyridine rings is 1. The molecule has 5 heteroatoms. The predicted molar refractivity (Wildman–Crippen MR) is 62.4 cm³/mol. The Kier molecular flexibility index (Phi) is 3.99. The summed E-state index contributed by atoms with van der Waals surface area (Å²) in [4.78, 5) is 15.6. The van der Waals surface area contributed by atoms with Crippen LogP contribution >= 0.6 is 0 Å².